The van der Waals surface area contributed by atoms with Crippen molar-refractivity contribution >= 4 is 5.96 Å². The maximum atomic E-state index is 5.89. The first-order chi connectivity index (χ1) is 11.8. The minimum atomic E-state index is 0.513. The Morgan fingerprint density at radius 2 is 2.00 bits per heavy atom. The van der Waals surface area contributed by atoms with Crippen molar-refractivity contribution < 1.29 is 4.74 Å². The molecule has 0 atom stereocenters. The van der Waals surface area contributed by atoms with Gasteiger partial charge in [-0.3, -0.25) is 4.99 Å². The molecule has 2 aromatic rings. The van der Waals surface area contributed by atoms with E-state index in [-0.39, 0.29) is 0 Å². The van der Waals surface area contributed by atoms with E-state index in [4.69, 9.17) is 4.74 Å². The lowest BCUT2D eigenvalue weighted by Gasteiger charge is -2.14. The van der Waals surface area contributed by atoms with E-state index >= 15 is 0 Å². The Labute approximate surface area is 143 Å². The van der Waals surface area contributed by atoms with Crippen molar-refractivity contribution in [2.45, 2.75) is 26.0 Å². The summed E-state index contributed by atoms with van der Waals surface area (Å²) in [6.07, 6.45) is 4.40. The highest BCUT2D eigenvalue weighted by Gasteiger charge is 2.21. The van der Waals surface area contributed by atoms with Gasteiger partial charge in [0.1, 0.15) is 6.61 Å². The summed E-state index contributed by atoms with van der Waals surface area (Å²) in [7, 11) is 1.79. The number of hydrogen-bond acceptors (Lipinski definition) is 3. The van der Waals surface area contributed by atoms with E-state index in [1.165, 1.54) is 12.8 Å². The first kappa shape index (κ1) is 16.3. The number of aromatic nitrogens is 1. The fraction of sp³-hybridized carbons (Fsp3) is 0.368. The summed E-state index contributed by atoms with van der Waals surface area (Å²) in [5, 5.41) is 6.68. The molecular weight excluding hydrogens is 300 g/mol. The monoisotopic (exact) mass is 324 g/mol. The van der Waals surface area contributed by atoms with Crippen LogP contribution in [0.2, 0.25) is 0 Å². The minimum absolute atomic E-state index is 0.513. The summed E-state index contributed by atoms with van der Waals surface area (Å²) in [5.41, 5.74) is 2.15. The highest BCUT2D eigenvalue weighted by Crippen LogP contribution is 2.27. The van der Waals surface area contributed by atoms with Crippen molar-refractivity contribution in [3.63, 3.8) is 0 Å². The Hall–Kier alpha value is -2.56. The molecule has 0 radical (unpaired) electrons. The van der Waals surface area contributed by atoms with Crippen LogP contribution in [0.3, 0.4) is 0 Å². The smallest absolute Gasteiger partial charge is 0.218 e. The normalized spacial score (nSPS) is 14.3. The van der Waals surface area contributed by atoms with E-state index in [0.717, 1.165) is 29.5 Å². The maximum absolute atomic E-state index is 5.89. The minimum Gasteiger partial charge on any atom is -0.473 e. The first-order valence-electron chi connectivity index (χ1n) is 8.40. The second-order valence-electron chi connectivity index (χ2n) is 5.99. The lowest BCUT2D eigenvalue weighted by Crippen LogP contribution is -2.37. The Bertz CT molecular complexity index is 668. The summed E-state index contributed by atoms with van der Waals surface area (Å²) in [4.78, 5) is 8.62. The van der Waals surface area contributed by atoms with E-state index in [0.29, 0.717) is 19.0 Å². The highest BCUT2D eigenvalue weighted by atomic mass is 16.5. The van der Waals surface area contributed by atoms with Gasteiger partial charge in [0.05, 0.1) is 0 Å². The number of hydrogen-bond donors (Lipinski definition) is 2. The average molecular weight is 324 g/mol. The van der Waals surface area contributed by atoms with Gasteiger partial charge in [-0.2, -0.15) is 0 Å². The van der Waals surface area contributed by atoms with Gasteiger partial charge in [-0.05, 0) is 30.4 Å². The van der Waals surface area contributed by atoms with E-state index in [9.17, 15) is 0 Å². The number of benzene rings is 1. The topological polar surface area (TPSA) is 58.5 Å². The summed E-state index contributed by atoms with van der Waals surface area (Å²) >= 11 is 0. The van der Waals surface area contributed by atoms with Crippen LogP contribution in [0.15, 0.2) is 53.7 Å². The van der Waals surface area contributed by atoms with Crippen molar-refractivity contribution in [1.82, 2.24) is 15.6 Å². The van der Waals surface area contributed by atoms with Crippen molar-refractivity contribution in [3.05, 3.63) is 59.8 Å². The van der Waals surface area contributed by atoms with Gasteiger partial charge in [0.25, 0.3) is 0 Å². The number of nitrogens with zero attached hydrogens (tertiary/aromatic N) is 2. The molecular formula is C19H24N4O. The van der Waals surface area contributed by atoms with E-state index < -0.39 is 0 Å². The Kier molecular flexibility index (Phi) is 5.66. The molecule has 0 aliphatic heterocycles. The summed E-state index contributed by atoms with van der Waals surface area (Å²) in [6, 6.07) is 14.1. The lowest BCUT2D eigenvalue weighted by atomic mass is 10.2. The third-order valence-electron chi connectivity index (χ3n) is 3.99. The Morgan fingerprint density at radius 3 is 2.75 bits per heavy atom. The van der Waals surface area contributed by atoms with Gasteiger partial charge in [-0.1, -0.05) is 36.4 Å². The second-order valence-corrected chi connectivity index (χ2v) is 5.99. The zero-order chi connectivity index (χ0) is 16.6. The molecule has 5 heteroatoms. The standard InChI is InChI=1S/C19H24N4O/c1-20-19(22-12-15-9-10-15)23-13-17-8-5-11-21-18(17)24-14-16-6-3-2-4-7-16/h2-8,11,15H,9-10,12-14H2,1H3,(H2,20,22,23). The zero-order valence-corrected chi connectivity index (χ0v) is 14.0. The lowest BCUT2D eigenvalue weighted by molar-refractivity contribution is 0.290. The van der Waals surface area contributed by atoms with Gasteiger partial charge < -0.3 is 15.4 Å². The molecule has 0 unspecified atom stereocenters. The van der Waals surface area contributed by atoms with Gasteiger partial charge in [0, 0.05) is 31.9 Å². The molecule has 126 valence electrons. The molecule has 1 aliphatic carbocycles. The van der Waals surface area contributed by atoms with Gasteiger partial charge in [-0.25, -0.2) is 4.98 Å². The van der Waals surface area contributed by atoms with Crippen LogP contribution in [0.4, 0.5) is 0 Å². The fourth-order valence-electron chi connectivity index (χ4n) is 2.38. The van der Waals surface area contributed by atoms with Crippen molar-refractivity contribution in [1.29, 1.82) is 0 Å². The van der Waals surface area contributed by atoms with Crippen LogP contribution in [-0.2, 0) is 13.2 Å². The number of pyridine rings is 1. The molecule has 1 saturated carbocycles. The largest absolute Gasteiger partial charge is 0.473 e. The fourth-order valence-corrected chi connectivity index (χ4v) is 2.38. The number of guanidine groups is 1. The third kappa shape index (κ3) is 4.98. The summed E-state index contributed by atoms with van der Waals surface area (Å²) < 4.78 is 5.89. The van der Waals surface area contributed by atoms with Gasteiger partial charge in [0.2, 0.25) is 5.88 Å². The number of rotatable bonds is 7. The van der Waals surface area contributed by atoms with Crippen LogP contribution in [-0.4, -0.2) is 24.5 Å². The van der Waals surface area contributed by atoms with Crippen LogP contribution in [0.25, 0.3) is 0 Å². The molecule has 1 aromatic heterocycles. The third-order valence-corrected chi connectivity index (χ3v) is 3.99. The molecule has 1 heterocycles. The van der Waals surface area contributed by atoms with Crippen LogP contribution >= 0.6 is 0 Å². The predicted molar refractivity (Wildman–Crippen MR) is 95.9 cm³/mol. The van der Waals surface area contributed by atoms with Crippen LogP contribution in [0.1, 0.15) is 24.0 Å². The quantitative estimate of drug-likeness (QED) is 0.607. The van der Waals surface area contributed by atoms with E-state index in [1.54, 1.807) is 13.2 Å². The Balaban J connectivity index is 1.54. The Morgan fingerprint density at radius 1 is 1.17 bits per heavy atom. The second kappa shape index (κ2) is 8.34. The zero-order valence-electron chi connectivity index (χ0n) is 14.0. The summed E-state index contributed by atoms with van der Waals surface area (Å²) in [5.74, 6) is 2.29. The van der Waals surface area contributed by atoms with Crippen molar-refractivity contribution in [2.75, 3.05) is 13.6 Å². The molecule has 0 amide bonds. The molecule has 24 heavy (non-hydrogen) atoms. The first-order valence-corrected chi connectivity index (χ1v) is 8.40. The molecule has 1 aromatic carbocycles. The molecule has 1 fully saturated rings. The van der Waals surface area contributed by atoms with Crippen LogP contribution < -0.4 is 15.4 Å². The average Bonchev–Trinajstić information content (AvgIpc) is 3.46. The molecule has 0 bridgehead atoms. The maximum Gasteiger partial charge on any atom is 0.218 e. The molecule has 5 nitrogen and oxygen atoms in total. The number of aliphatic imine (C=N–C) groups is 1. The SMILES string of the molecule is CN=C(NCc1cccnc1OCc1ccccc1)NCC1CC1. The van der Waals surface area contributed by atoms with Gasteiger partial charge in [0.15, 0.2) is 5.96 Å². The molecule has 2 N–H and O–H groups in total. The van der Waals surface area contributed by atoms with Gasteiger partial charge in [-0.15, -0.1) is 0 Å². The molecule has 3 rings (SSSR count). The van der Waals surface area contributed by atoms with Crippen LogP contribution in [0, 0.1) is 5.92 Å². The number of nitrogens with one attached hydrogen (secondary N) is 2. The molecule has 0 spiro atoms. The van der Waals surface area contributed by atoms with Crippen molar-refractivity contribution in [3.8, 4) is 5.88 Å². The molecule has 0 saturated heterocycles. The van der Waals surface area contributed by atoms with Gasteiger partial charge >= 0.3 is 0 Å². The van der Waals surface area contributed by atoms with Crippen LogP contribution in [0.5, 0.6) is 5.88 Å². The van der Waals surface area contributed by atoms with E-state index in [2.05, 4.69) is 20.6 Å². The summed E-state index contributed by atoms with van der Waals surface area (Å²) in [6.45, 7) is 2.13. The predicted octanol–water partition coefficient (Wildman–Crippen LogP) is 2.74. The molecule has 1 aliphatic rings. The van der Waals surface area contributed by atoms with Crippen molar-refractivity contribution in [2.24, 2.45) is 10.9 Å². The highest BCUT2D eigenvalue weighted by molar-refractivity contribution is 5.79. The number of ether oxygens (including phenoxy) is 1. The van der Waals surface area contributed by atoms with E-state index in [1.807, 2.05) is 42.5 Å².